The number of rotatable bonds is 5. The summed E-state index contributed by atoms with van der Waals surface area (Å²) in [6.45, 7) is 0. The van der Waals surface area contributed by atoms with Gasteiger partial charge in [0, 0.05) is 11.9 Å². The van der Waals surface area contributed by atoms with Crippen molar-refractivity contribution in [2.24, 2.45) is 0 Å². The van der Waals surface area contributed by atoms with E-state index in [1.54, 1.807) is 30.3 Å². The third-order valence-corrected chi connectivity index (χ3v) is 6.96. The normalized spacial score (nSPS) is 18.8. The molecule has 1 aromatic carbocycles. The van der Waals surface area contributed by atoms with E-state index in [0.717, 1.165) is 24.0 Å². The second-order valence-electron chi connectivity index (χ2n) is 6.33. The lowest BCUT2D eigenvalue weighted by Gasteiger charge is -2.28. The van der Waals surface area contributed by atoms with Crippen molar-refractivity contribution >= 4 is 33.2 Å². The molecule has 2 heterocycles. The molecule has 28 heavy (non-hydrogen) atoms. The third-order valence-electron chi connectivity index (χ3n) is 4.28. The van der Waals surface area contributed by atoms with E-state index in [1.165, 1.54) is 11.0 Å². The van der Waals surface area contributed by atoms with Crippen molar-refractivity contribution in [3.05, 3.63) is 54.2 Å². The SMILES string of the molecule is O=C(CSc1ccc(C(F)(F)F)cn1)N(c1ccccc1)[C@@H]1CCS(=O)(=O)C1. The zero-order valence-corrected chi connectivity index (χ0v) is 16.2. The molecule has 1 aliphatic rings. The summed E-state index contributed by atoms with van der Waals surface area (Å²) in [5, 5.41) is 0.286. The van der Waals surface area contributed by atoms with Crippen LogP contribution < -0.4 is 4.90 Å². The van der Waals surface area contributed by atoms with Crippen LogP contribution in [0.3, 0.4) is 0 Å². The fourth-order valence-corrected chi connectivity index (χ4v) is 5.37. The smallest absolute Gasteiger partial charge is 0.308 e. The van der Waals surface area contributed by atoms with Crippen molar-refractivity contribution in [2.45, 2.75) is 23.7 Å². The average molecular weight is 430 g/mol. The number of para-hydroxylation sites is 1. The quantitative estimate of drug-likeness (QED) is 0.680. The number of thioether (sulfide) groups is 1. The van der Waals surface area contributed by atoms with Crippen LogP contribution in [0.25, 0.3) is 0 Å². The fourth-order valence-electron chi connectivity index (χ4n) is 2.96. The van der Waals surface area contributed by atoms with Crippen LogP contribution in [0.4, 0.5) is 18.9 Å². The van der Waals surface area contributed by atoms with Gasteiger partial charge in [0.2, 0.25) is 5.91 Å². The number of carbonyl (C=O) groups is 1. The molecule has 2 aromatic rings. The molecule has 0 N–H and O–H groups in total. The van der Waals surface area contributed by atoms with Gasteiger partial charge in [-0.15, -0.1) is 0 Å². The molecule has 150 valence electrons. The summed E-state index contributed by atoms with van der Waals surface area (Å²) in [6, 6.07) is 10.4. The molecule has 5 nitrogen and oxygen atoms in total. The Morgan fingerprint density at radius 2 is 1.89 bits per heavy atom. The van der Waals surface area contributed by atoms with Gasteiger partial charge in [-0.25, -0.2) is 13.4 Å². The Morgan fingerprint density at radius 1 is 1.18 bits per heavy atom. The number of amides is 1. The van der Waals surface area contributed by atoms with Gasteiger partial charge in [-0.1, -0.05) is 30.0 Å². The van der Waals surface area contributed by atoms with E-state index in [1.807, 2.05) is 0 Å². The molecule has 1 saturated heterocycles. The first-order valence-corrected chi connectivity index (χ1v) is 11.2. The first-order valence-electron chi connectivity index (χ1n) is 8.39. The summed E-state index contributed by atoms with van der Waals surface area (Å²) in [7, 11) is -3.19. The molecule has 0 bridgehead atoms. The van der Waals surface area contributed by atoms with Gasteiger partial charge in [-0.05, 0) is 30.7 Å². The molecule has 10 heteroatoms. The molecule has 0 saturated carbocycles. The molecule has 1 aromatic heterocycles. The Labute approximate surface area is 164 Å². The number of halogens is 3. The number of hydrogen-bond donors (Lipinski definition) is 0. The predicted molar refractivity (Wildman–Crippen MR) is 101 cm³/mol. The number of nitrogens with zero attached hydrogens (tertiary/aromatic N) is 2. The van der Waals surface area contributed by atoms with Gasteiger partial charge in [0.1, 0.15) is 0 Å². The molecule has 1 aliphatic heterocycles. The second-order valence-corrected chi connectivity index (χ2v) is 9.55. The monoisotopic (exact) mass is 430 g/mol. The largest absolute Gasteiger partial charge is 0.417 e. The maximum Gasteiger partial charge on any atom is 0.417 e. The van der Waals surface area contributed by atoms with Crippen LogP contribution in [0.2, 0.25) is 0 Å². The van der Waals surface area contributed by atoms with E-state index >= 15 is 0 Å². The zero-order valence-electron chi connectivity index (χ0n) is 14.6. The molecule has 1 atom stereocenters. The van der Waals surface area contributed by atoms with Gasteiger partial charge in [0.25, 0.3) is 0 Å². The zero-order chi connectivity index (χ0) is 20.4. The van der Waals surface area contributed by atoms with Gasteiger partial charge in [-0.2, -0.15) is 13.2 Å². The minimum Gasteiger partial charge on any atom is -0.308 e. The Morgan fingerprint density at radius 3 is 2.43 bits per heavy atom. The highest BCUT2D eigenvalue weighted by molar-refractivity contribution is 7.99. The maximum absolute atomic E-state index is 12.8. The first-order chi connectivity index (χ1) is 13.2. The minimum atomic E-state index is -4.47. The van der Waals surface area contributed by atoms with E-state index in [2.05, 4.69) is 4.98 Å². The molecular weight excluding hydrogens is 413 g/mol. The van der Waals surface area contributed by atoms with Crippen LogP contribution >= 0.6 is 11.8 Å². The highest BCUT2D eigenvalue weighted by Crippen LogP contribution is 2.30. The Balaban J connectivity index is 1.73. The Bertz CT molecular complexity index is 933. The highest BCUT2D eigenvalue weighted by Gasteiger charge is 2.35. The van der Waals surface area contributed by atoms with Gasteiger partial charge in [0.15, 0.2) is 9.84 Å². The van der Waals surface area contributed by atoms with Crippen LogP contribution in [0.1, 0.15) is 12.0 Å². The standard InChI is InChI=1S/C18H17F3N2O3S2/c19-18(20,21)13-6-7-16(22-10-13)27-11-17(24)23(14-4-2-1-3-5-14)15-8-9-28(25,26)12-15/h1-7,10,15H,8-9,11-12H2/t15-/m1/s1. The highest BCUT2D eigenvalue weighted by atomic mass is 32.2. The number of carbonyl (C=O) groups excluding carboxylic acids is 1. The molecule has 0 radical (unpaired) electrons. The van der Waals surface area contributed by atoms with Crippen molar-refractivity contribution in [1.82, 2.24) is 4.98 Å². The molecule has 0 unspecified atom stereocenters. The number of hydrogen-bond acceptors (Lipinski definition) is 5. The van der Waals surface area contributed by atoms with Crippen LogP contribution in [-0.4, -0.2) is 42.6 Å². The minimum absolute atomic E-state index is 0.0296. The number of aromatic nitrogens is 1. The lowest BCUT2D eigenvalue weighted by atomic mass is 10.2. The number of anilines is 1. The molecule has 1 fully saturated rings. The van der Waals surface area contributed by atoms with Crippen LogP contribution in [0, 0.1) is 0 Å². The number of pyridine rings is 1. The summed E-state index contributed by atoms with van der Waals surface area (Å²) in [5.41, 5.74) is -0.263. The average Bonchev–Trinajstić information content (AvgIpc) is 3.00. The van der Waals surface area contributed by atoms with Crippen molar-refractivity contribution < 1.29 is 26.4 Å². The van der Waals surface area contributed by atoms with Gasteiger partial charge in [-0.3, -0.25) is 4.79 Å². The van der Waals surface area contributed by atoms with E-state index in [-0.39, 0.29) is 28.2 Å². The maximum atomic E-state index is 12.8. The third kappa shape index (κ3) is 5.05. The van der Waals surface area contributed by atoms with Gasteiger partial charge < -0.3 is 4.90 Å². The predicted octanol–water partition coefficient (Wildman–Crippen LogP) is 3.41. The van der Waals surface area contributed by atoms with Gasteiger partial charge in [0.05, 0.1) is 33.9 Å². The molecule has 0 spiro atoms. The summed E-state index contributed by atoms with van der Waals surface area (Å²) < 4.78 is 61.5. The van der Waals surface area contributed by atoms with Crippen molar-refractivity contribution in [3.63, 3.8) is 0 Å². The lowest BCUT2D eigenvalue weighted by molar-refractivity contribution is -0.137. The van der Waals surface area contributed by atoms with Crippen LogP contribution in [-0.2, 0) is 20.8 Å². The Kier molecular flexibility index (Phi) is 5.99. The molecule has 3 rings (SSSR count). The first kappa shape index (κ1) is 20.7. The summed E-state index contributed by atoms with van der Waals surface area (Å²) in [6.07, 6.45) is -3.39. The summed E-state index contributed by atoms with van der Waals surface area (Å²) >= 11 is 1.01. The molecule has 1 amide bonds. The summed E-state index contributed by atoms with van der Waals surface area (Å²) in [4.78, 5) is 18.1. The van der Waals surface area contributed by atoms with E-state index < -0.39 is 27.6 Å². The molecular formula is C18H17F3N2O3S2. The van der Waals surface area contributed by atoms with Crippen LogP contribution in [0.5, 0.6) is 0 Å². The number of alkyl halides is 3. The Hall–Kier alpha value is -2.07. The fraction of sp³-hybridized carbons (Fsp3) is 0.333. The topological polar surface area (TPSA) is 67.3 Å². The molecule has 0 aliphatic carbocycles. The van der Waals surface area contributed by atoms with E-state index in [4.69, 9.17) is 0 Å². The second kappa shape index (κ2) is 8.12. The van der Waals surface area contributed by atoms with Gasteiger partial charge >= 0.3 is 6.18 Å². The van der Waals surface area contributed by atoms with Crippen LogP contribution in [0.15, 0.2) is 53.7 Å². The van der Waals surface area contributed by atoms with Crippen molar-refractivity contribution in [2.75, 3.05) is 22.2 Å². The van der Waals surface area contributed by atoms with E-state index in [0.29, 0.717) is 12.1 Å². The van der Waals surface area contributed by atoms with Crippen molar-refractivity contribution in [3.8, 4) is 0 Å². The van der Waals surface area contributed by atoms with Crippen molar-refractivity contribution in [1.29, 1.82) is 0 Å². The lowest BCUT2D eigenvalue weighted by Crippen LogP contribution is -2.42. The number of benzene rings is 1. The van der Waals surface area contributed by atoms with E-state index in [9.17, 15) is 26.4 Å². The number of sulfone groups is 1. The summed E-state index contributed by atoms with van der Waals surface area (Å²) in [5.74, 6) is -0.456.